The van der Waals surface area contributed by atoms with Crippen LogP contribution in [0.15, 0.2) is 42.5 Å². The Bertz CT molecular complexity index is 908. The Morgan fingerprint density at radius 1 is 1.07 bits per heavy atom. The zero-order chi connectivity index (χ0) is 21.3. The van der Waals surface area contributed by atoms with Crippen molar-refractivity contribution in [2.45, 2.75) is 32.2 Å². The summed E-state index contributed by atoms with van der Waals surface area (Å²) in [5.41, 5.74) is 2.18. The third-order valence-electron chi connectivity index (χ3n) is 5.96. The molecular weight excluding hydrogens is 350 g/mol. The second-order valence-electron chi connectivity index (χ2n) is 7.75. The molecule has 0 saturated carbocycles. The maximum atomic E-state index is 13.1. The van der Waals surface area contributed by atoms with Crippen LogP contribution in [-0.4, -0.2) is 38.0 Å². The molecule has 4 heteroatoms. The van der Waals surface area contributed by atoms with Gasteiger partial charge in [0.2, 0.25) is 0 Å². The number of hydrogen-bond acceptors (Lipinski definition) is 4. The topological polar surface area (TPSA) is 38.8 Å². The predicted octanol–water partition coefficient (Wildman–Crippen LogP) is 4.36. The van der Waals surface area contributed by atoms with Gasteiger partial charge in [0, 0.05) is 20.8 Å². The Hall–Kier alpha value is -2.33. The van der Waals surface area contributed by atoms with E-state index in [0.717, 1.165) is 32.5 Å². The molecule has 0 bridgehead atoms. The fourth-order valence-electron chi connectivity index (χ4n) is 4.36. The second-order valence-corrected chi connectivity index (χ2v) is 7.75. The van der Waals surface area contributed by atoms with E-state index in [4.69, 9.17) is 12.2 Å². The van der Waals surface area contributed by atoms with Crippen LogP contribution in [0.5, 0.6) is 11.5 Å². The largest absolute Gasteiger partial charge is 0.493 e. The molecule has 2 aliphatic rings. The van der Waals surface area contributed by atoms with Crippen LogP contribution >= 0.6 is 0 Å². The number of hydrogen-bond donors (Lipinski definition) is 0. The van der Waals surface area contributed by atoms with E-state index in [9.17, 15) is 4.79 Å². The average Bonchev–Trinajstić information content (AvgIpc) is 2.94. The summed E-state index contributed by atoms with van der Waals surface area (Å²) < 4.78 is 28.0. The fourth-order valence-corrected chi connectivity index (χ4v) is 4.36. The molecule has 1 aliphatic heterocycles. The standard InChI is InChI=1S/C24H29NO3/c1-27-22-14-19-13-20(24(26)21(19)15-23(22)28-2)12-17-8-10-25(11-9-17)16-18-6-4-3-5-7-18/h3-7,14-15,17,20H,8-13,16H2,1-2H3/i13D2. The Morgan fingerprint density at radius 2 is 1.75 bits per heavy atom. The first-order chi connectivity index (χ1) is 14.4. The summed E-state index contributed by atoms with van der Waals surface area (Å²) >= 11 is 0. The van der Waals surface area contributed by atoms with Gasteiger partial charge in [-0.3, -0.25) is 9.69 Å². The maximum absolute atomic E-state index is 13.1. The molecular formula is C24H29NO3. The Kier molecular flexibility index (Phi) is 4.96. The van der Waals surface area contributed by atoms with Crippen molar-refractivity contribution in [2.75, 3.05) is 27.3 Å². The van der Waals surface area contributed by atoms with Crippen LogP contribution in [0.25, 0.3) is 0 Å². The molecule has 28 heavy (non-hydrogen) atoms. The van der Waals surface area contributed by atoms with Gasteiger partial charge in [-0.15, -0.1) is 0 Å². The van der Waals surface area contributed by atoms with Gasteiger partial charge in [-0.1, -0.05) is 30.3 Å². The lowest BCUT2D eigenvalue weighted by Gasteiger charge is -2.32. The number of Topliss-reactive ketones (excluding diaryl/α,β-unsaturated/α-hetero) is 1. The van der Waals surface area contributed by atoms with E-state index in [-0.39, 0.29) is 5.78 Å². The summed E-state index contributed by atoms with van der Waals surface area (Å²) in [6.45, 7) is 2.91. The minimum absolute atomic E-state index is 0.109. The molecule has 2 aromatic carbocycles. The smallest absolute Gasteiger partial charge is 0.166 e. The van der Waals surface area contributed by atoms with E-state index >= 15 is 0 Å². The van der Waals surface area contributed by atoms with Gasteiger partial charge in [-0.2, -0.15) is 0 Å². The van der Waals surface area contributed by atoms with Crippen molar-refractivity contribution in [3.63, 3.8) is 0 Å². The summed E-state index contributed by atoms with van der Waals surface area (Å²) in [5.74, 6) is 0.537. The first-order valence-electron chi connectivity index (χ1n) is 11.0. The highest BCUT2D eigenvalue weighted by Gasteiger charge is 2.34. The lowest BCUT2D eigenvalue weighted by molar-refractivity contribution is 0.0895. The molecule has 1 aliphatic carbocycles. The molecule has 0 aromatic heterocycles. The zero-order valence-corrected chi connectivity index (χ0v) is 16.6. The van der Waals surface area contributed by atoms with Crippen molar-refractivity contribution < 1.29 is 17.0 Å². The predicted molar refractivity (Wildman–Crippen MR) is 110 cm³/mol. The van der Waals surface area contributed by atoms with Crippen molar-refractivity contribution in [2.24, 2.45) is 11.8 Å². The van der Waals surface area contributed by atoms with Crippen molar-refractivity contribution in [3.05, 3.63) is 59.2 Å². The van der Waals surface area contributed by atoms with Crippen molar-refractivity contribution in [1.29, 1.82) is 0 Å². The number of methoxy groups -OCH3 is 2. The van der Waals surface area contributed by atoms with E-state index < -0.39 is 12.3 Å². The SMILES string of the molecule is [2H]C1([2H])c2cc(OC)c(OC)cc2C(=O)C1CC1CCN(Cc2ccccc2)CC1. The number of ether oxygens (including phenoxy) is 2. The quantitative estimate of drug-likeness (QED) is 0.745. The summed E-state index contributed by atoms with van der Waals surface area (Å²) in [7, 11) is 3.05. The van der Waals surface area contributed by atoms with Gasteiger partial charge in [0.25, 0.3) is 0 Å². The molecule has 0 radical (unpaired) electrons. The molecule has 4 rings (SSSR count). The molecule has 1 saturated heterocycles. The van der Waals surface area contributed by atoms with Crippen LogP contribution in [0, 0.1) is 11.8 Å². The monoisotopic (exact) mass is 381 g/mol. The molecule has 0 N–H and O–H groups in total. The van der Waals surface area contributed by atoms with Gasteiger partial charge in [0.05, 0.1) is 14.2 Å². The number of ketones is 1. The molecule has 1 atom stereocenters. The number of fused-ring (bicyclic) bond motifs is 1. The summed E-state index contributed by atoms with van der Waals surface area (Å²) in [6, 6.07) is 13.7. The van der Waals surface area contributed by atoms with Crippen LogP contribution in [-0.2, 0) is 12.9 Å². The lowest BCUT2D eigenvalue weighted by Crippen LogP contribution is -2.34. The number of nitrogens with zero attached hydrogens (tertiary/aromatic N) is 1. The first kappa shape index (κ1) is 16.6. The van der Waals surface area contributed by atoms with E-state index in [2.05, 4.69) is 29.2 Å². The van der Waals surface area contributed by atoms with Crippen molar-refractivity contribution in [1.82, 2.24) is 4.90 Å². The van der Waals surface area contributed by atoms with E-state index in [1.165, 1.54) is 19.8 Å². The second kappa shape index (κ2) is 8.36. The van der Waals surface area contributed by atoms with Crippen LogP contribution < -0.4 is 9.47 Å². The third kappa shape index (κ3) is 3.93. The Balaban J connectivity index is 1.43. The molecule has 1 unspecified atom stereocenters. The lowest BCUT2D eigenvalue weighted by atomic mass is 9.85. The number of benzene rings is 2. The van der Waals surface area contributed by atoms with Crippen LogP contribution in [0.1, 0.15) is 43.5 Å². The fraction of sp³-hybridized carbons (Fsp3) is 0.458. The number of rotatable bonds is 6. The molecule has 0 amide bonds. The highest BCUT2D eigenvalue weighted by atomic mass is 16.5. The minimum Gasteiger partial charge on any atom is -0.493 e. The third-order valence-corrected chi connectivity index (χ3v) is 5.96. The highest BCUT2D eigenvalue weighted by molar-refractivity contribution is 6.02. The first-order valence-corrected chi connectivity index (χ1v) is 10.0. The maximum Gasteiger partial charge on any atom is 0.166 e. The van der Waals surface area contributed by atoms with E-state index in [1.54, 1.807) is 12.1 Å². The summed E-state index contributed by atoms with van der Waals surface area (Å²) in [5, 5.41) is 0. The van der Waals surface area contributed by atoms with E-state index in [0.29, 0.717) is 35.0 Å². The van der Waals surface area contributed by atoms with E-state index in [1.807, 2.05) is 6.07 Å². The van der Waals surface area contributed by atoms with Gasteiger partial charge in [-0.25, -0.2) is 0 Å². The van der Waals surface area contributed by atoms with Gasteiger partial charge >= 0.3 is 0 Å². The summed E-state index contributed by atoms with van der Waals surface area (Å²) in [6.07, 6.45) is 0.892. The van der Waals surface area contributed by atoms with Crippen molar-refractivity contribution >= 4 is 5.78 Å². The van der Waals surface area contributed by atoms with Gasteiger partial charge < -0.3 is 9.47 Å². The van der Waals surface area contributed by atoms with Crippen LogP contribution in [0.2, 0.25) is 0 Å². The summed E-state index contributed by atoms with van der Waals surface area (Å²) in [4.78, 5) is 15.6. The molecule has 4 nitrogen and oxygen atoms in total. The van der Waals surface area contributed by atoms with Gasteiger partial charge in [0.1, 0.15) is 0 Å². The Morgan fingerprint density at radius 3 is 2.43 bits per heavy atom. The van der Waals surface area contributed by atoms with Crippen molar-refractivity contribution in [3.8, 4) is 11.5 Å². The van der Waals surface area contributed by atoms with Crippen LogP contribution in [0.3, 0.4) is 0 Å². The zero-order valence-electron chi connectivity index (χ0n) is 18.6. The number of carbonyl (C=O) groups is 1. The molecule has 148 valence electrons. The van der Waals surface area contributed by atoms with Crippen LogP contribution in [0.4, 0.5) is 0 Å². The molecule has 1 fully saturated rings. The minimum atomic E-state index is -1.69. The highest BCUT2D eigenvalue weighted by Crippen LogP contribution is 2.39. The Labute approximate surface area is 170 Å². The molecule has 0 spiro atoms. The average molecular weight is 382 g/mol. The number of carbonyl (C=O) groups excluding carboxylic acids is 1. The molecule has 1 heterocycles. The van der Waals surface area contributed by atoms with Gasteiger partial charge in [0.15, 0.2) is 17.3 Å². The number of likely N-dealkylation sites (tertiary alicyclic amines) is 1. The molecule has 2 aromatic rings. The normalized spacial score (nSPS) is 23.1. The number of piperidine rings is 1. The van der Waals surface area contributed by atoms with Gasteiger partial charge in [-0.05, 0) is 67.9 Å².